The smallest absolute Gasteiger partial charge is 0.218 e. The van der Waals surface area contributed by atoms with Crippen molar-refractivity contribution < 1.29 is 14.2 Å². The van der Waals surface area contributed by atoms with Gasteiger partial charge in [-0.3, -0.25) is 4.99 Å². The van der Waals surface area contributed by atoms with E-state index in [-0.39, 0.29) is 24.0 Å². The molecule has 0 amide bonds. The number of nitrogens with zero attached hydrogens (tertiary/aromatic N) is 2. The van der Waals surface area contributed by atoms with Crippen LogP contribution < -0.4 is 15.4 Å². The molecule has 2 N–H and O–H groups in total. The van der Waals surface area contributed by atoms with Crippen LogP contribution in [0, 0.1) is 0 Å². The Morgan fingerprint density at radius 1 is 1.32 bits per heavy atom. The average molecular weight is 506 g/mol. The summed E-state index contributed by atoms with van der Waals surface area (Å²) in [5.41, 5.74) is 1.02. The fourth-order valence-electron chi connectivity index (χ4n) is 2.77. The van der Waals surface area contributed by atoms with Gasteiger partial charge in [0.2, 0.25) is 5.88 Å². The average Bonchev–Trinajstić information content (AvgIpc) is 3.21. The zero-order chi connectivity index (χ0) is 19.2. The first-order valence-corrected chi connectivity index (χ1v) is 10.0. The Morgan fingerprint density at radius 3 is 2.96 bits per heavy atom. The maximum absolute atomic E-state index is 5.77. The van der Waals surface area contributed by atoms with Crippen LogP contribution in [-0.4, -0.2) is 57.1 Å². The van der Waals surface area contributed by atoms with Crippen LogP contribution in [0.2, 0.25) is 0 Å². The van der Waals surface area contributed by atoms with Crippen LogP contribution in [0.1, 0.15) is 44.6 Å². The zero-order valence-electron chi connectivity index (χ0n) is 17.1. The van der Waals surface area contributed by atoms with Crippen LogP contribution in [0.3, 0.4) is 0 Å². The van der Waals surface area contributed by atoms with E-state index >= 15 is 0 Å². The van der Waals surface area contributed by atoms with Crippen LogP contribution in [-0.2, 0) is 16.0 Å². The van der Waals surface area contributed by atoms with Gasteiger partial charge in [-0.05, 0) is 31.7 Å². The lowest BCUT2D eigenvalue weighted by atomic mass is 10.2. The molecule has 8 heteroatoms. The topological polar surface area (TPSA) is 77.0 Å². The van der Waals surface area contributed by atoms with Crippen molar-refractivity contribution in [1.82, 2.24) is 15.6 Å². The van der Waals surface area contributed by atoms with Crippen LogP contribution in [0.25, 0.3) is 0 Å². The zero-order valence-corrected chi connectivity index (χ0v) is 19.4. The number of rotatable bonds is 12. The fraction of sp³-hybridized carbons (Fsp3) is 0.700. The van der Waals surface area contributed by atoms with Crippen LogP contribution in [0.4, 0.5) is 0 Å². The largest absolute Gasteiger partial charge is 0.477 e. The summed E-state index contributed by atoms with van der Waals surface area (Å²) in [5, 5.41) is 6.62. The third-order valence-electron chi connectivity index (χ3n) is 4.34. The minimum absolute atomic E-state index is 0. The standard InChI is InChI=1S/C20H34N4O3.HI/c1-3-4-13-27-19-17(8-5-10-22-19)15-24-20(21-2)23-11-7-12-25-16-18-9-6-14-26-18;/h5,8,10,18H,3-4,6-7,9,11-16H2,1-2H3,(H2,21,23,24);1H. The molecule has 2 heterocycles. The Hall–Kier alpha value is -1.13. The lowest BCUT2D eigenvalue weighted by Gasteiger charge is -2.14. The Balaban J connectivity index is 0.00000392. The second-order valence-electron chi connectivity index (χ2n) is 6.59. The molecular formula is C20H35IN4O3. The van der Waals surface area contributed by atoms with Gasteiger partial charge < -0.3 is 24.8 Å². The normalized spacial score (nSPS) is 16.5. The SMILES string of the molecule is CCCCOc1ncccc1CNC(=NC)NCCCOCC1CCCO1.I. The molecular weight excluding hydrogens is 471 g/mol. The number of halogens is 1. The van der Waals surface area contributed by atoms with Gasteiger partial charge in [0.05, 0.1) is 19.3 Å². The van der Waals surface area contributed by atoms with Crippen LogP contribution >= 0.6 is 24.0 Å². The molecule has 2 rings (SSSR count). The summed E-state index contributed by atoms with van der Waals surface area (Å²) in [4.78, 5) is 8.59. The van der Waals surface area contributed by atoms with E-state index in [0.29, 0.717) is 31.7 Å². The minimum Gasteiger partial charge on any atom is -0.477 e. The Bertz CT molecular complexity index is 554. The van der Waals surface area contributed by atoms with E-state index in [9.17, 15) is 0 Å². The highest BCUT2D eigenvalue weighted by Gasteiger charge is 2.14. The first-order chi connectivity index (χ1) is 13.3. The third-order valence-corrected chi connectivity index (χ3v) is 4.34. The monoisotopic (exact) mass is 506 g/mol. The van der Waals surface area contributed by atoms with Crippen molar-refractivity contribution in [3.8, 4) is 5.88 Å². The van der Waals surface area contributed by atoms with Crippen molar-refractivity contribution >= 4 is 29.9 Å². The summed E-state index contributed by atoms with van der Waals surface area (Å²) in [6.45, 7) is 6.56. The van der Waals surface area contributed by atoms with E-state index in [0.717, 1.165) is 63.4 Å². The van der Waals surface area contributed by atoms with E-state index in [4.69, 9.17) is 14.2 Å². The number of nitrogens with one attached hydrogen (secondary N) is 2. The van der Waals surface area contributed by atoms with E-state index < -0.39 is 0 Å². The van der Waals surface area contributed by atoms with E-state index in [2.05, 4.69) is 27.5 Å². The third kappa shape index (κ3) is 9.88. The van der Waals surface area contributed by atoms with Crippen molar-refractivity contribution in [2.45, 2.75) is 51.7 Å². The number of hydrogen-bond acceptors (Lipinski definition) is 5. The highest BCUT2D eigenvalue weighted by molar-refractivity contribution is 14.0. The van der Waals surface area contributed by atoms with Crippen LogP contribution in [0.5, 0.6) is 5.88 Å². The van der Waals surface area contributed by atoms with Gasteiger partial charge in [0.25, 0.3) is 0 Å². The van der Waals surface area contributed by atoms with Gasteiger partial charge >= 0.3 is 0 Å². The Morgan fingerprint density at radius 2 is 2.21 bits per heavy atom. The number of aromatic nitrogens is 1. The molecule has 28 heavy (non-hydrogen) atoms. The number of aliphatic imine (C=N–C) groups is 1. The van der Waals surface area contributed by atoms with Gasteiger partial charge in [-0.1, -0.05) is 19.4 Å². The number of pyridine rings is 1. The molecule has 0 aliphatic carbocycles. The number of hydrogen-bond donors (Lipinski definition) is 2. The molecule has 1 aliphatic rings. The van der Waals surface area contributed by atoms with Crippen molar-refractivity contribution in [2.75, 3.05) is 40.0 Å². The predicted octanol–water partition coefficient (Wildman–Crippen LogP) is 3.13. The highest BCUT2D eigenvalue weighted by Crippen LogP contribution is 2.14. The lowest BCUT2D eigenvalue weighted by Crippen LogP contribution is -2.37. The van der Waals surface area contributed by atoms with E-state index in [1.54, 1.807) is 13.2 Å². The summed E-state index contributed by atoms with van der Waals surface area (Å²) in [5.74, 6) is 1.45. The van der Waals surface area contributed by atoms with Gasteiger partial charge in [0, 0.05) is 45.1 Å². The van der Waals surface area contributed by atoms with Crippen molar-refractivity contribution in [3.63, 3.8) is 0 Å². The maximum Gasteiger partial charge on any atom is 0.218 e. The minimum atomic E-state index is 0. The molecule has 1 aliphatic heterocycles. The molecule has 0 bridgehead atoms. The Labute approximate surface area is 186 Å². The fourth-order valence-corrected chi connectivity index (χ4v) is 2.77. The summed E-state index contributed by atoms with van der Waals surface area (Å²) in [6.07, 6.45) is 7.38. The van der Waals surface area contributed by atoms with Crippen molar-refractivity contribution in [1.29, 1.82) is 0 Å². The molecule has 0 aromatic carbocycles. The highest BCUT2D eigenvalue weighted by atomic mass is 127. The van der Waals surface area contributed by atoms with Gasteiger partial charge in [0.15, 0.2) is 5.96 Å². The first-order valence-electron chi connectivity index (χ1n) is 10.0. The molecule has 1 unspecified atom stereocenters. The second kappa shape index (κ2) is 15.8. The molecule has 0 spiro atoms. The predicted molar refractivity (Wildman–Crippen MR) is 123 cm³/mol. The summed E-state index contributed by atoms with van der Waals surface area (Å²) in [6, 6.07) is 3.94. The summed E-state index contributed by atoms with van der Waals surface area (Å²) in [7, 11) is 1.77. The molecule has 160 valence electrons. The lowest BCUT2D eigenvalue weighted by molar-refractivity contribution is 0.0168. The van der Waals surface area contributed by atoms with Crippen molar-refractivity contribution in [2.24, 2.45) is 4.99 Å². The number of ether oxygens (including phenoxy) is 3. The first kappa shape index (κ1) is 24.9. The van der Waals surface area contributed by atoms with Gasteiger partial charge in [-0.25, -0.2) is 4.98 Å². The van der Waals surface area contributed by atoms with E-state index in [1.807, 2.05) is 12.1 Å². The molecule has 7 nitrogen and oxygen atoms in total. The van der Waals surface area contributed by atoms with Crippen LogP contribution in [0.15, 0.2) is 23.3 Å². The molecule has 1 fully saturated rings. The number of guanidine groups is 1. The van der Waals surface area contributed by atoms with E-state index in [1.165, 1.54) is 0 Å². The maximum atomic E-state index is 5.77. The molecule has 1 atom stereocenters. The van der Waals surface area contributed by atoms with Gasteiger partial charge in [-0.2, -0.15) is 0 Å². The Kier molecular flexibility index (Phi) is 14.0. The number of unbranched alkanes of at least 4 members (excludes halogenated alkanes) is 1. The quantitative estimate of drug-likeness (QED) is 0.196. The molecule has 1 aromatic rings. The summed E-state index contributed by atoms with van der Waals surface area (Å²) < 4.78 is 17.0. The second-order valence-corrected chi connectivity index (χ2v) is 6.59. The molecule has 0 radical (unpaired) electrons. The molecule has 0 saturated carbocycles. The van der Waals surface area contributed by atoms with Crippen molar-refractivity contribution in [3.05, 3.63) is 23.9 Å². The molecule has 1 saturated heterocycles. The molecule has 1 aromatic heterocycles. The van der Waals surface area contributed by atoms with Gasteiger partial charge in [-0.15, -0.1) is 24.0 Å². The summed E-state index contributed by atoms with van der Waals surface area (Å²) >= 11 is 0. The van der Waals surface area contributed by atoms with Gasteiger partial charge in [0.1, 0.15) is 0 Å².